The van der Waals surface area contributed by atoms with Crippen LogP contribution in [0.1, 0.15) is 23.0 Å². The molecular formula is C18H13ClFNO4. The number of hydrogen-bond donors (Lipinski definition) is 1. The number of esters is 1. The van der Waals surface area contributed by atoms with Crippen molar-refractivity contribution < 1.29 is 23.8 Å². The predicted octanol–water partition coefficient (Wildman–Crippen LogP) is 4.06. The van der Waals surface area contributed by atoms with Gasteiger partial charge in [0.25, 0.3) is 5.91 Å². The van der Waals surface area contributed by atoms with Crippen LogP contribution in [0.15, 0.2) is 36.4 Å². The van der Waals surface area contributed by atoms with Gasteiger partial charge in [-0.25, -0.2) is 4.39 Å². The lowest BCUT2D eigenvalue weighted by Crippen LogP contribution is -2.13. The SMILES string of the molecule is CC(=O)Oc1c(C)n(C(=O)c2ccc(Cl)cc2)c2ccc(O)c(F)c12. The minimum atomic E-state index is -0.959. The molecule has 3 aromatic rings. The normalized spacial score (nSPS) is 10.9. The molecule has 0 spiro atoms. The van der Waals surface area contributed by atoms with Crippen molar-refractivity contribution >= 4 is 34.4 Å². The third kappa shape index (κ3) is 2.85. The third-order valence-electron chi connectivity index (χ3n) is 3.77. The molecule has 5 nitrogen and oxygen atoms in total. The summed E-state index contributed by atoms with van der Waals surface area (Å²) in [7, 11) is 0. The van der Waals surface area contributed by atoms with Gasteiger partial charge in [0.15, 0.2) is 17.3 Å². The lowest BCUT2D eigenvalue weighted by Gasteiger charge is -2.07. The van der Waals surface area contributed by atoms with Crippen LogP contribution in [-0.4, -0.2) is 21.6 Å². The molecule has 1 N–H and O–H groups in total. The summed E-state index contributed by atoms with van der Waals surface area (Å²) >= 11 is 5.84. The van der Waals surface area contributed by atoms with Crippen molar-refractivity contribution in [2.75, 3.05) is 0 Å². The molecule has 0 aliphatic heterocycles. The fourth-order valence-electron chi connectivity index (χ4n) is 2.67. The number of halogens is 2. The van der Waals surface area contributed by atoms with E-state index in [1.165, 1.54) is 36.6 Å². The number of rotatable bonds is 2. The smallest absolute Gasteiger partial charge is 0.308 e. The Labute approximate surface area is 147 Å². The van der Waals surface area contributed by atoms with Crippen LogP contribution in [-0.2, 0) is 4.79 Å². The molecule has 1 aromatic heterocycles. The largest absolute Gasteiger partial charge is 0.505 e. The third-order valence-corrected chi connectivity index (χ3v) is 4.02. The van der Waals surface area contributed by atoms with Gasteiger partial charge < -0.3 is 9.84 Å². The van der Waals surface area contributed by atoms with Crippen molar-refractivity contribution in [3.05, 3.63) is 58.5 Å². The Kier molecular flexibility index (Phi) is 4.22. The molecule has 0 atom stereocenters. The molecule has 0 amide bonds. The Hall–Kier alpha value is -2.86. The Balaban J connectivity index is 2.30. The van der Waals surface area contributed by atoms with Gasteiger partial charge in [-0.3, -0.25) is 14.2 Å². The molecule has 0 aliphatic carbocycles. The maximum Gasteiger partial charge on any atom is 0.308 e. The highest BCUT2D eigenvalue weighted by atomic mass is 35.5. The first kappa shape index (κ1) is 17.0. The Morgan fingerprint density at radius 1 is 1.16 bits per heavy atom. The van der Waals surface area contributed by atoms with Gasteiger partial charge in [0.1, 0.15) is 0 Å². The van der Waals surface area contributed by atoms with Gasteiger partial charge in [-0.15, -0.1) is 0 Å². The zero-order valence-electron chi connectivity index (χ0n) is 13.3. The molecular weight excluding hydrogens is 349 g/mol. The average Bonchev–Trinajstić information content (AvgIpc) is 2.83. The van der Waals surface area contributed by atoms with Gasteiger partial charge in [0, 0.05) is 17.5 Å². The summed E-state index contributed by atoms with van der Waals surface area (Å²) < 4.78 is 20.8. The van der Waals surface area contributed by atoms with Crippen LogP contribution in [0.25, 0.3) is 10.9 Å². The Morgan fingerprint density at radius 2 is 1.80 bits per heavy atom. The molecule has 0 aliphatic rings. The number of aromatic hydroxyl groups is 1. The number of phenols is 1. The van der Waals surface area contributed by atoms with Crippen molar-refractivity contribution in [1.29, 1.82) is 0 Å². The van der Waals surface area contributed by atoms with Crippen LogP contribution >= 0.6 is 11.6 Å². The first-order valence-electron chi connectivity index (χ1n) is 7.32. The first-order chi connectivity index (χ1) is 11.8. The highest BCUT2D eigenvalue weighted by molar-refractivity contribution is 6.30. The molecule has 1 heterocycles. The van der Waals surface area contributed by atoms with Crippen molar-refractivity contribution in [3.8, 4) is 11.5 Å². The molecule has 3 rings (SSSR count). The van der Waals surface area contributed by atoms with Crippen LogP contribution in [0.2, 0.25) is 5.02 Å². The van der Waals surface area contributed by atoms with E-state index in [-0.39, 0.29) is 22.3 Å². The van der Waals surface area contributed by atoms with Gasteiger partial charge >= 0.3 is 5.97 Å². The van der Waals surface area contributed by atoms with Crippen LogP contribution in [0.4, 0.5) is 4.39 Å². The summed E-state index contributed by atoms with van der Waals surface area (Å²) in [5.74, 6) is -2.76. The van der Waals surface area contributed by atoms with Crippen molar-refractivity contribution in [2.45, 2.75) is 13.8 Å². The molecule has 0 fully saturated rings. The number of phenolic OH excluding ortho intramolecular Hbond substituents is 1. The molecule has 2 aromatic carbocycles. The Morgan fingerprint density at radius 3 is 2.40 bits per heavy atom. The second-order valence-corrected chi connectivity index (χ2v) is 5.88. The van der Waals surface area contributed by atoms with E-state index in [1.807, 2.05) is 0 Å². The molecule has 0 unspecified atom stereocenters. The number of benzene rings is 2. The number of ether oxygens (including phenoxy) is 1. The number of carbonyl (C=O) groups is 2. The van der Waals surface area contributed by atoms with Crippen LogP contribution in [0, 0.1) is 12.7 Å². The zero-order chi connectivity index (χ0) is 18.3. The van der Waals surface area contributed by atoms with Crippen molar-refractivity contribution in [3.63, 3.8) is 0 Å². The zero-order valence-corrected chi connectivity index (χ0v) is 14.1. The van der Waals surface area contributed by atoms with E-state index in [0.717, 1.165) is 6.07 Å². The van der Waals surface area contributed by atoms with Crippen LogP contribution < -0.4 is 4.74 Å². The quantitative estimate of drug-likeness (QED) is 0.699. The maximum absolute atomic E-state index is 14.4. The van der Waals surface area contributed by atoms with E-state index >= 15 is 0 Å². The molecule has 0 saturated heterocycles. The fourth-order valence-corrected chi connectivity index (χ4v) is 2.80. The number of fused-ring (bicyclic) bond motifs is 1. The van der Waals surface area contributed by atoms with Gasteiger partial charge in [0.2, 0.25) is 0 Å². The summed E-state index contributed by atoms with van der Waals surface area (Å²) in [5.41, 5.74) is 0.755. The van der Waals surface area contributed by atoms with E-state index in [4.69, 9.17) is 16.3 Å². The summed E-state index contributed by atoms with van der Waals surface area (Å²) in [5, 5.41) is 9.98. The van der Waals surface area contributed by atoms with Crippen LogP contribution in [0.3, 0.4) is 0 Å². The topological polar surface area (TPSA) is 68.5 Å². The van der Waals surface area contributed by atoms with Gasteiger partial charge in [-0.2, -0.15) is 0 Å². The summed E-state index contributed by atoms with van der Waals surface area (Å²) in [6.45, 7) is 2.70. The summed E-state index contributed by atoms with van der Waals surface area (Å²) in [4.78, 5) is 24.3. The number of nitrogens with zero attached hydrogens (tertiary/aromatic N) is 1. The highest BCUT2D eigenvalue weighted by Crippen LogP contribution is 2.38. The van der Waals surface area contributed by atoms with E-state index in [2.05, 4.69) is 0 Å². The second-order valence-electron chi connectivity index (χ2n) is 5.45. The lowest BCUT2D eigenvalue weighted by molar-refractivity contribution is -0.131. The predicted molar refractivity (Wildman–Crippen MR) is 90.8 cm³/mol. The van der Waals surface area contributed by atoms with E-state index in [1.54, 1.807) is 12.1 Å². The lowest BCUT2D eigenvalue weighted by atomic mass is 10.2. The second kappa shape index (κ2) is 6.22. The fraction of sp³-hybridized carbons (Fsp3) is 0.111. The minimum absolute atomic E-state index is 0.0989. The summed E-state index contributed by atoms with van der Waals surface area (Å²) in [6.07, 6.45) is 0. The van der Waals surface area contributed by atoms with Gasteiger partial charge in [0.05, 0.1) is 16.6 Å². The standard InChI is InChI=1S/C18H13ClFNO4/c1-9-17(25-10(2)22)15-13(7-8-14(23)16(15)20)21(9)18(24)11-3-5-12(19)6-4-11/h3-8,23H,1-2H3. The number of carbonyl (C=O) groups excluding carboxylic acids is 2. The molecule has 0 saturated carbocycles. The van der Waals surface area contributed by atoms with E-state index < -0.39 is 23.4 Å². The summed E-state index contributed by atoms with van der Waals surface area (Å²) in [6, 6.07) is 8.74. The molecule has 25 heavy (non-hydrogen) atoms. The number of hydrogen-bond acceptors (Lipinski definition) is 4. The van der Waals surface area contributed by atoms with Gasteiger partial charge in [-0.1, -0.05) is 11.6 Å². The minimum Gasteiger partial charge on any atom is -0.505 e. The maximum atomic E-state index is 14.4. The highest BCUT2D eigenvalue weighted by Gasteiger charge is 2.25. The number of aromatic nitrogens is 1. The Bertz CT molecular complexity index is 1010. The van der Waals surface area contributed by atoms with Crippen LogP contribution in [0.5, 0.6) is 11.5 Å². The van der Waals surface area contributed by atoms with E-state index in [0.29, 0.717) is 10.6 Å². The first-order valence-corrected chi connectivity index (χ1v) is 7.70. The van der Waals surface area contributed by atoms with Gasteiger partial charge in [-0.05, 0) is 43.3 Å². The average molecular weight is 362 g/mol. The molecule has 7 heteroatoms. The van der Waals surface area contributed by atoms with E-state index in [9.17, 15) is 19.1 Å². The molecule has 0 bridgehead atoms. The monoisotopic (exact) mass is 361 g/mol. The molecule has 0 radical (unpaired) electrons. The molecule has 128 valence electrons. The van der Waals surface area contributed by atoms with Crippen molar-refractivity contribution in [1.82, 2.24) is 4.57 Å². The van der Waals surface area contributed by atoms with Crippen molar-refractivity contribution in [2.24, 2.45) is 0 Å².